The van der Waals surface area contributed by atoms with Gasteiger partial charge in [-0.1, -0.05) is 29.8 Å². The molecule has 0 aromatic heterocycles. The monoisotopic (exact) mass is 333 g/mol. The van der Waals surface area contributed by atoms with E-state index in [9.17, 15) is 4.39 Å². The molecule has 0 aliphatic heterocycles. The zero-order valence-electron chi connectivity index (χ0n) is 11.2. The predicted molar refractivity (Wildman–Crippen MR) is 79.4 cm³/mol. The van der Waals surface area contributed by atoms with E-state index in [0.717, 1.165) is 10.0 Å². The van der Waals surface area contributed by atoms with Crippen molar-refractivity contribution < 1.29 is 9.13 Å². The number of hydrogen-bond acceptors (Lipinski definition) is 2. The number of halogens is 2. The number of benzene rings is 2. The highest BCUT2D eigenvalue weighted by atomic mass is 79.9. The van der Waals surface area contributed by atoms with Crippen LogP contribution in [0, 0.1) is 17.1 Å². The number of rotatable bonds is 3. The van der Waals surface area contributed by atoms with Crippen LogP contribution in [0.3, 0.4) is 0 Å². The van der Waals surface area contributed by atoms with Gasteiger partial charge >= 0.3 is 0 Å². The van der Waals surface area contributed by atoms with E-state index in [1.807, 2.05) is 24.3 Å². The van der Waals surface area contributed by atoms with Crippen molar-refractivity contribution in [3.05, 3.63) is 57.8 Å². The van der Waals surface area contributed by atoms with Crippen LogP contribution in [-0.2, 0) is 0 Å². The van der Waals surface area contributed by atoms with Crippen molar-refractivity contribution in [2.24, 2.45) is 0 Å². The predicted octanol–water partition coefficient (Wildman–Crippen LogP) is 5.38. The lowest BCUT2D eigenvalue weighted by molar-refractivity contribution is 0.467. The third-order valence-electron chi connectivity index (χ3n) is 2.82. The number of hydrogen-bond donors (Lipinski definition) is 0. The van der Waals surface area contributed by atoms with Gasteiger partial charge in [-0.05, 0) is 41.8 Å². The Labute approximate surface area is 125 Å². The summed E-state index contributed by atoms with van der Waals surface area (Å²) in [4.78, 5) is 0. The molecule has 0 radical (unpaired) electrons. The number of ether oxygens (including phenoxy) is 1. The Morgan fingerprint density at radius 2 is 1.95 bits per heavy atom. The van der Waals surface area contributed by atoms with E-state index < -0.39 is 5.82 Å². The summed E-state index contributed by atoms with van der Waals surface area (Å²) in [5.74, 6) is 0.775. The SMILES string of the molecule is CC(C)c1cc(Br)ccc1Oc1cc(F)cc(C#N)c1. The molecule has 2 aromatic rings. The van der Waals surface area contributed by atoms with Crippen LogP contribution >= 0.6 is 15.9 Å². The van der Waals surface area contributed by atoms with E-state index in [1.54, 1.807) is 0 Å². The first-order chi connectivity index (χ1) is 9.49. The molecule has 0 atom stereocenters. The fourth-order valence-corrected chi connectivity index (χ4v) is 2.26. The Morgan fingerprint density at radius 1 is 1.20 bits per heavy atom. The summed E-state index contributed by atoms with van der Waals surface area (Å²) >= 11 is 3.43. The van der Waals surface area contributed by atoms with Gasteiger partial charge in [-0.25, -0.2) is 4.39 Å². The second-order valence-corrected chi connectivity index (χ2v) is 5.64. The van der Waals surface area contributed by atoms with Crippen molar-refractivity contribution in [1.82, 2.24) is 0 Å². The Kier molecular flexibility index (Phi) is 4.41. The fourth-order valence-electron chi connectivity index (χ4n) is 1.88. The van der Waals surface area contributed by atoms with E-state index in [4.69, 9.17) is 10.00 Å². The first kappa shape index (κ1) is 14.5. The van der Waals surface area contributed by atoms with Gasteiger partial charge in [0.05, 0.1) is 11.6 Å². The van der Waals surface area contributed by atoms with Crippen LogP contribution in [0.2, 0.25) is 0 Å². The average Bonchev–Trinajstić information content (AvgIpc) is 2.40. The molecule has 0 spiro atoms. The molecule has 2 nitrogen and oxygen atoms in total. The van der Waals surface area contributed by atoms with Gasteiger partial charge in [-0.3, -0.25) is 0 Å². The minimum absolute atomic E-state index is 0.239. The summed E-state index contributed by atoms with van der Waals surface area (Å²) in [5.41, 5.74) is 1.25. The Hall–Kier alpha value is -1.86. The first-order valence-electron chi connectivity index (χ1n) is 6.17. The van der Waals surface area contributed by atoms with Crippen LogP contribution < -0.4 is 4.74 Å². The molecular formula is C16H13BrFNO. The molecule has 102 valence electrons. The van der Waals surface area contributed by atoms with Crippen molar-refractivity contribution >= 4 is 15.9 Å². The van der Waals surface area contributed by atoms with Crippen LogP contribution in [0.1, 0.15) is 30.9 Å². The van der Waals surface area contributed by atoms with Gasteiger partial charge in [-0.2, -0.15) is 5.26 Å². The van der Waals surface area contributed by atoms with Crippen molar-refractivity contribution in [2.45, 2.75) is 19.8 Å². The largest absolute Gasteiger partial charge is 0.457 e. The fraction of sp³-hybridized carbons (Fsp3) is 0.188. The molecule has 2 rings (SSSR count). The molecule has 0 bridgehead atoms. The molecular weight excluding hydrogens is 321 g/mol. The molecule has 0 aliphatic rings. The third-order valence-corrected chi connectivity index (χ3v) is 3.32. The molecule has 0 fully saturated rings. The van der Waals surface area contributed by atoms with E-state index in [2.05, 4.69) is 29.8 Å². The topological polar surface area (TPSA) is 33.0 Å². The summed E-state index contributed by atoms with van der Waals surface area (Å²) in [5, 5.41) is 8.85. The van der Waals surface area contributed by atoms with E-state index in [1.165, 1.54) is 18.2 Å². The Balaban J connectivity index is 2.40. The van der Waals surface area contributed by atoms with Crippen molar-refractivity contribution in [1.29, 1.82) is 5.26 Å². The minimum Gasteiger partial charge on any atom is -0.457 e. The van der Waals surface area contributed by atoms with Gasteiger partial charge in [0.15, 0.2) is 0 Å². The Morgan fingerprint density at radius 3 is 2.60 bits per heavy atom. The molecule has 0 N–H and O–H groups in total. The minimum atomic E-state index is -0.484. The maximum atomic E-state index is 13.4. The molecule has 0 aliphatic carbocycles. The molecule has 0 saturated carbocycles. The van der Waals surface area contributed by atoms with Crippen molar-refractivity contribution in [2.75, 3.05) is 0 Å². The van der Waals surface area contributed by atoms with Crippen molar-refractivity contribution in [3.8, 4) is 17.6 Å². The second-order valence-electron chi connectivity index (χ2n) is 4.73. The second kappa shape index (κ2) is 6.06. The molecule has 0 amide bonds. The highest BCUT2D eigenvalue weighted by Crippen LogP contribution is 2.33. The normalized spacial score (nSPS) is 10.4. The summed E-state index contributed by atoms with van der Waals surface area (Å²) in [6.07, 6.45) is 0. The summed E-state index contributed by atoms with van der Waals surface area (Å²) in [7, 11) is 0. The first-order valence-corrected chi connectivity index (χ1v) is 6.97. The van der Waals surface area contributed by atoms with Gasteiger partial charge in [0.2, 0.25) is 0 Å². The van der Waals surface area contributed by atoms with Gasteiger partial charge in [-0.15, -0.1) is 0 Å². The van der Waals surface area contributed by atoms with E-state index >= 15 is 0 Å². The summed E-state index contributed by atoms with van der Waals surface area (Å²) in [6, 6.07) is 11.6. The third kappa shape index (κ3) is 3.37. The molecule has 20 heavy (non-hydrogen) atoms. The molecule has 0 saturated heterocycles. The van der Waals surface area contributed by atoms with E-state index in [-0.39, 0.29) is 11.5 Å². The highest BCUT2D eigenvalue weighted by molar-refractivity contribution is 9.10. The highest BCUT2D eigenvalue weighted by Gasteiger charge is 2.10. The molecule has 2 aromatic carbocycles. The van der Waals surface area contributed by atoms with Crippen LogP contribution in [0.15, 0.2) is 40.9 Å². The van der Waals surface area contributed by atoms with Crippen molar-refractivity contribution in [3.63, 3.8) is 0 Å². The lowest BCUT2D eigenvalue weighted by atomic mass is 10.0. The standard InChI is InChI=1S/C16H13BrFNO/c1-10(2)15-7-12(17)3-4-16(15)20-14-6-11(9-19)5-13(18)8-14/h3-8,10H,1-2H3. The Bertz CT molecular complexity index is 677. The average molecular weight is 334 g/mol. The summed E-state index contributed by atoms with van der Waals surface area (Å²) < 4.78 is 20.1. The van der Waals surface area contributed by atoms with Gasteiger partial charge in [0, 0.05) is 10.5 Å². The zero-order chi connectivity index (χ0) is 14.7. The molecule has 0 unspecified atom stereocenters. The maximum absolute atomic E-state index is 13.4. The number of nitriles is 1. The van der Waals surface area contributed by atoms with Crippen LogP contribution in [-0.4, -0.2) is 0 Å². The van der Waals surface area contributed by atoms with E-state index in [0.29, 0.717) is 11.5 Å². The summed E-state index contributed by atoms with van der Waals surface area (Å²) in [6.45, 7) is 4.11. The van der Waals surface area contributed by atoms with Gasteiger partial charge in [0.1, 0.15) is 17.3 Å². The lowest BCUT2D eigenvalue weighted by Crippen LogP contribution is -1.95. The van der Waals surface area contributed by atoms with Gasteiger partial charge < -0.3 is 4.74 Å². The van der Waals surface area contributed by atoms with Crippen LogP contribution in [0.5, 0.6) is 11.5 Å². The zero-order valence-corrected chi connectivity index (χ0v) is 12.7. The maximum Gasteiger partial charge on any atom is 0.131 e. The van der Waals surface area contributed by atoms with Gasteiger partial charge in [0.25, 0.3) is 0 Å². The quantitative estimate of drug-likeness (QED) is 0.755. The smallest absolute Gasteiger partial charge is 0.131 e. The van der Waals surface area contributed by atoms with Crippen LogP contribution in [0.4, 0.5) is 4.39 Å². The lowest BCUT2D eigenvalue weighted by Gasteiger charge is -2.14. The van der Waals surface area contributed by atoms with Crippen LogP contribution in [0.25, 0.3) is 0 Å². The molecule has 4 heteroatoms. The number of nitrogens with zero attached hydrogens (tertiary/aromatic N) is 1. The molecule has 0 heterocycles.